The second-order valence-electron chi connectivity index (χ2n) is 6.45. The van der Waals surface area contributed by atoms with Gasteiger partial charge in [0, 0.05) is 21.3 Å². The normalized spacial score (nSPS) is 12.2. The molecular formula is C22H21ClN2O3S2. The van der Waals surface area contributed by atoms with E-state index in [4.69, 9.17) is 11.6 Å². The maximum Gasteiger partial charge on any atom is 0.261 e. The van der Waals surface area contributed by atoms with E-state index in [0.29, 0.717) is 22.8 Å². The maximum atomic E-state index is 12.6. The Bertz CT molecular complexity index is 1090. The molecule has 30 heavy (non-hydrogen) atoms. The van der Waals surface area contributed by atoms with Crippen molar-refractivity contribution in [1.29, 1.82) is 0 Å². The molecule has 2 N–H and O–H groups in total. The summed E-state index contributed by atoms with van der Waals surface area (Å²) >= 11 is 7.36. The van der Waals surface area contributed by atoms with Crippen LogP contribution in [0, 0.1) is 0 Å². The van der Waals surface area contributed by atoms with E-state index in [1.165, 1.54) is 23.9 Å². The lowest BCUT2D eigenvalue weighted by atomic mass is 10.3. The number of benzene rings is 3. The number of carbonyl (C=O) groups excluding carboxylic acids is 1. The van der Waals surface area contributed by atoms with Crippen molar-refractivity contribution < 1.29 is 13.2 Å². The number of rotatable bonds is 8. The van der Waals surface area contributed by atoms with Crippen LogP contribution >= 0.6 is 23.4 Å². The smallest absolute Gasteiger partial charge is 0.261 e. The minimum atomic E-state index is -3.70. The Morgan fingerprint density at radius 2 is 1.57 bits per heavy atom. The molecule has 3 aromatic carbocycles. The van der Waals surface area contributed by atoms with E-state index in [1.54, 1.807) is 48.5 Å². The van der Waals surface area contributed by atoms with Crippen LogP contribution in [-0.2, 0) is 14.8 Å². The van der Waals surface area contributed by atoms with Crippen LogP contribution in [0.15, 0.2) is 88.7 Å². The molecule has 3 aromatic rings. The van der Waals surface area contributed by atoms with Crippen LogP contribution in [0.25, 0.3) is 0 Å². The van der Waals surface area contributed by atoms with Crippen LogP contribution in [0.2, 0.25) is 5.02 Å². The fourth-order valence-electron chi connectivity index (χ4n) is 2.66. The van der Waals surface area contributed by atoms with Crippen LogP contribution in [0.1, 0.15) is 13.3 Å². The van der Waals surface area contributed by atoms with E-state index in [-0.39, 0.29) is 16.1 Å². The lowest BCUT2D eigenvalue weighted by Crippen LogP contribution is -2.24. The predicted octanol–water partition coefficient (Wildman–Crippen LogP) is 5.65. The summed E-state index contributed by atoms with van der Waals surface area (Å²) in [7, 11) is -3.70. The van der Waals surface area contributed by atoms with Gasteiger partial charge in [0.15, 0.2) is 0 Å². The van der Waals surface area contributed by atoms with Crippen molar-refractivity contribution in [3.8, 4) is 0 Å². The topological polar surface area (TPSA) is 75.3 Å². The summed E-state index contributed by atoms with van der Waals surface area (Å²) in [5.41, 5.74) is 1.02. The molecule has 0 aromatic heterocycles. The summed E-state index contributed by atoms with van der Waals surface area (Å²) in [4.78, 5) is 13.7. The van der Waals surface area contributed by atoms with Crippen molar-refractivity contribution >= 4 is 50.7 Å². The number of halogens is 1. The molecule has 1 amide bonds. The first-order valence-electron chi connectivity index (χ1n) is 9.28. The first kappa shape index (κ1) is 22.2. The van der Waals surface area contributed by atoms with Gasteiger partial charge in [-0.1, -0.05) is 36.7 Å². The molecule has 0 spiro atoms. The quantitative estimate of drug-likeness (QED) is 0.426. The van der Waals surface area contributed by atoms with Gasteiger partial charge in [-0.05, 0) is 67.1 Å². The minimum Gasteiger partial charge on any atom is -0.325 e. The van der Waals surface area contributed by atoms with Crippen LogP contribution in [0.5, 0.6) is 0 Å². The van der Waals surface area contributed by atoms with Gasteiger partial charge >= 0.3 is 0 Å². The van der Waals surface area contributed by atoms with Gasteiger partial charge in [0.2, 0.25) is 5.91 Å². The number of para-hydroxylation sites is 1. The second kappa shape index (κ2) is 10.0. The van der Waals surface area contributed by atoms with Gasteiger partial charge < -0.3 is 5.32 Å². The summed E-state index contributed by atoms with van der Waals surface area (Å²) in [6.45, 7) is 1.94. The number of amides is 1. The Labute approximate surface area is 185 Å². The Hall–Kier alpha value is -2.48. The standard InChI is InChI=1S/C22H21ClN2O3S2/c1-2-21(29-19-12-8-16(23)9-13-19)22(26)24-17-10-14-20(15-11-17)30(27,28)25-18-6-4-3-5-7-18/h3-15,21,25H,2H2,1H3,(H,24,26). The molecule has 1 unspecified atom stereocenters. The van der Waals surface area contributed by atoms with Gasteiger partial charge in [0.05, 0.1) is 10.1 Å². The number of nitrogens with one attached hydrogen (secondary N) is 2. The molecule has 5 nitrogen and oxygen atoms in total. The van der Waals surface area contributed by atoms with E-state index >= 15 is 0 Å². The summed E-state index contributed by atoms with van der Waals surface area (Å²) in [6, 6.07) is 22.1. The van der Waals surface area contributed by atoms with Gasteiger partial charge in [-0.25, -0.2) is 8.42 Å². The number of hydrogen-bond donors (Lipinski definition) is 2. The van der Waals surface area contributed by atoms with Crippen molar-refractivity contribution in [3.05, 3.63) is 83.9 Å². The Morgan fingerprint density at radius 3 is 2.17 bits per heavy atom. The summed E-state index contributed by atoms with van der Waals surface area (Å²) in [6.07, 6.45) is 0.645. The van der Waals surface area contributed by atoms with E-state index in [0.717, 1.165) is 4.90 Å². The summed E-state index contributed by atoms with van der Waals surface area (Å²) in [5, 5.41) is 3.22. The molecule has 0 bridgehead atoms. The second-order valence-corrected chi connectivity index (χ2v) is 9.85. The highest BCUT2D eigenvalue weighted by molar-refractivity contribution is 8.00. The molecule has 3 rings (SSSR count). The highest BCUT2D eigenvalue weighted by atomic mass is 35.5. The number of anilines is 2. The first-order chi connectivity index (χ1) is 14.4. The van der Waals surface area contributed by atoms with Crippen molar-refractivity contribution in [2.75, 3.05) is 10.0 Å². The van der Waals surface area contributed by atoms with Crippen LogP contribution in [0.4, 0.5) is 11.4 Å². The average Bonchev–Trinajstić information content (AvgIpc) is 2.74. The summed E-state index contributed by atoms with van der Waals surface area (Å²) < 4.78 is 27.5. The average molecular weight is 461 g/mol. The van der Waals surface area contributed by atoms with Gasteiger partial charge in [-0.2, -0.15) is 0 Å². The molecule has 0 aliphatic carbocycles. The molecule has 0 aliphatic heterocycles. The Balaban J connectivity index is 1.65. The monoisotopic (exact) mass is 460 g/mol. The third kappa shape index (κ3) is 6.01. The highest BCUT2D eigenvalue weighted by Gasteiger charge is 2.19. The molecule has 0 fully saturated rings. The van der Waals surface area contributed by atoms with Crippen molar-refractivity contribution in [2.45, 2.75) is 28.4 Å². The first-order valence-corrected chi connectivity index (χ1v) is 12.0. The fraction of sp³-hybridized carbons (Fsp3) is 0.136. The lowest BCUT2D eigenvalue weighted by molar-refractivity contribution is -0.115. The SMILES string of the molecule is CCC(Sc1ccc(Cl)cc1)C(=O)Nc1ccc(S(=O)(=O)Nc2ccccc2)cc1. The molecular weight excluding hydrogens is 440 g/mol. The van der Waals surface area contributed by atoms with E-state index in [2.05, 4.69) is 10.0 Å². The molecule has 8 heteroatoms. The zero-order valence-electron chi connectivity index (χ0n) is 16.2. The zero-order valence-corrected chi connectivity index (χ0v) is 18.6. The van der Waals surface area contributed by atoms with Crippen LogP contribution in [0.3, 0.4) is 0 Å². The van der Waals surface area contributed by atoms with Crippen LogP contribution in [-0.4, -0.2) is 19.6 Å². The number of carbonyl (C=O) groups is 1. The third-order valence-electron chi connectivity index (χ3n) is 4.21. The molecule has 156 valence electrons. The van der Waals surface area contributed by atoms with Gasteiger partial charge in [-0.15, -0.1) is 11.8 Å². The number of thioether (sulfide) groups is 1. The van der Waals surface area contributed by atoms with Crippen molar-refractivity contribution in [3.63, 3.8) is 0 Å². The van der Waals surface area contributed by atoms with Gasteiger partial charge in [0.1, 0.15) is 0 Å². The predicted molar refractivity (Wildman–Crippen MR) is 124 cm³/mol. The Morgan fingerprint density at radius 1 is 0.933 bits per heavy atom. The van der Waals surface area contributed by atoms with Crippen molar-refractivity contribution in [2.24, 2.45) is 0 Å². The minimum absolute atomic E-state index is 0.118. The molecule has 0 saturated heterocycles. The maximum absolute atomic E-state index is 12.6. The van der Waals surface area contributed by atoms with Gasteiger partial charge in [0.25, 0.3) is 10.0 Å². The number of hydrogen-bond acceptors (Lipinski definition) is 4. The van der Waals surface area contributed by atoms with Gasteiger partial charge in [-0.3, -0.25) is 9.52 Å². The van der Waals surface area contributed by atoms with Crippen LogP contribution < -0.4 is 10.0 Å². The molecule has 1 atom stereocenters. The zero-order chi connectivity index (χ0) is 21.6. The lowest BCUT2D eigenvalue weighted by Gasteiger charge is -2.15. The van der Waals surface area contributed by atoms with E-state index in [1.807, 2.05) is 25.1 Å². The number of sulfonamides is 1. The molecule has 0 aliphatic rings. The highest BCUT2D eigenvalue weighted by Crippen LogP contribution is 2.28. The Kier molecular flexibility index (Phi) is 7.42. The van der Waals surface area contributed by atoms with Crippen molar-refractivity contribution in [1.82, 2.24) is 0 Å². The fourth-order valence-corrected chi connectivity index (χ4v) is 4.80. The molecule has 0 radical (unpaired) electrons. The molecule has 0 saturated carbocycles. The summed E-state index contributed by atoms with van der Waals surface area (Å²) in [5.74, 6) is -0.143. The third-order valence-corrected chi connectivity index (χ3v) is 7.24. The largest absolute Gasteiger partial charge is 0.325 e. The molecule has 0 heterocycles. The van der Waals surface area contributed by atoms with E-state index < -0.39 is 10.0 Å². The van der Waals surface area contributed by atoms with E-state index in [9.17, 15) is 13.2 Å².